The Balaban J connectivity index is 0.00000154. The topological polar surface area (TPSA) is 39.7 Å². The van der Waals surface area contributed by atoms with Gasteiger partial charge in [0.15, 0.2) is 0 Å². The zero-order valence-electron chi connectivity index (χ0n) is 13.2. The predicted octanol–water partition coefficient (Wildman–Crippen LogP) is 1.54. The maximum absolute atomic E-state index is 4.40. The molecule has 0 spiro atoms. The fourth-order valence-corrected chi connectivity index (χ4v) is 1.82. The molecule has 0 aromatic rings. The molecule has 0 bridgehead atoms. The molecule has 1 aliphatic rings. The van der Waals surface area contributed by atoms with Gasteiger partial charge in [0.2, 0.25) is 0 Å². The second-order valence-electron chi connectivity index (χ2n) is 4.47. The monoisotopic (exact) mass is 268 g/mol. The maximum atomic E-state index is 4.40. The van der Waals surface area contributed by atoms with Crippen LogP contribution in [-0.2, 0) is 0 Å². The second-order valence-corrected chi connectivity index (χ2v) is 4.47. The van der Waals surface area contributed by atoms with E-state index in [1.807, 2.05) is 39.1 Å². The van der Waals surface area contributed by atoms with Gasteiger partial charge in [-0.2, -0.15) is 0 Å². The first-order chi connectivity index (χ1) is 9.33. The number of piperazine rings is 1. The minimum Gasteiger partial charge on any atom is -0.314 e. The van der Waals surface area contributed by atoms with E-state index >= 15 is 0 Å². The molecule has 0 amide bonds. The summed E-state index contributed by atoms with van der Waals surface area (Å²) in [4.78, 5) is 6.90. The maximum Gasteiger partial charge on any atom is 0.0595 e. The van der Waals surface area contributed by atoms with Crippen molar-refractivity contribution in [1.29, 1.82) is 0 Å². The van der Waals surface area contributed by atoms with E-state index in [1.165, 1.54) is 13.1 Å². The first-order valence-electron chi connectivity index (χ1n) is 7.61. The van der Waals surface area contributed by atoms with E-state index < -0.39 is 0 Å². The standard InChI is InChI=1S/C13H26N4.C2H6/c1-3-4-5-16-13(2)12-15-8-11-17-9-6-14-7-10-17;1-2/h3-5,13-15H,6-12H2,1-2H3;1-2H3/b4-3-,16-5?;. The van der Waals surface area contributed by atoms with E-state index in [-0.39, 0.29) is 0 Å². The van der Waals surface area contributed by atoms with Crippen molar-refractivity contribution in [3.8, 4) is 0 Å². The average Bonchev–Trinajstić information content (AvgIpc) is 2.47. The third-order valence-corrected chi connectivity index (χ3v) is 2.87. The number of nitrogens with one attached hydrogen (secondary N) is 2. The molecule has 1 saturated heterocycles. The van der Waals surface area contributed by atoms with Gasteiger partial charge >= 0.3 is 0 Å². The van der Waals surface area contributed by atoms with Gasteiger partial charge in [-0.3, -0.25) is 9.89 Å². The van der Waals surface area contributed by atoms with E-state index in [0.29, 0.717) is 6.04 Å². The van der Waals surface area contributed by atoms with Gasteiger partial charge in [0.05, 0.1) is 6.04 Å². The molecule has 1 aliphatic heterocycles. The molecule has 1 fully saturated rings. The van der Waals surface area contributed by atoms with Crippen LogP contribution in [0.5, 0.6) is 0 Å². The zero-order chi connectivity index (χ0) is 14.3. The summed E-state index contributed by atoms with van der Waals surface area (Å²) in [5.41, 5.74) is 0. The highest BCUT2D eigenvalue weighted by Crippen LogP contribution is 1.90. The van der Waals surface area contributed by atoms with E-state index in [0.717, 1.165) is 32.7 Å². The molecule has 4 heteroatoms. The Kier molecular flexibility index (Phi) is 13.2. The molecule has 0 saturated carbocycles. The smallest absolute Gasteiger partial charge is 0.0595 e. The molecule has 0 aromatic heterocycles. The lowest BCUT2D eigenvalue weighted by Gasteiger charge is -2.27. The molecular formula is C15H32N4. The van der Waals surface area contributed by atoms with E-state index in [1.54, 1.807) is 0 Å². The summed E-state index contributed by atoms with van der Waals surface area (Å²) in [6.07, 6.45) is 5.84. The normalized spacial score (nSPS) is 18.5. The van der Waals surface area contributed by atoms with Gasteiger partial charge in [0.1, 0.15) is 0 Å². The van der Waals surface area contributed by atoms with Crippen LogP contribution in [0.1, 0.15) is 27.7 Å². The lowest BCUT2D eigenvalue weighted by molar-refractivity contribution is 0.241. The summed E-state index contributed by atoms with van der Waals surface area (Å²) < 4.78 is 0. The fourth-order valence-electron chi connectivity index (χ4n) is 1.82. The molecular weight excluding hydrogens is 236 g/mol. The van der Waals surface area contributed by atoms with Crippen LogP contribution >= 0.6 is 0 Å². The largest absolute Gasteiger partial charge is 0.314 e. The van der Waals surface area contributed by atoms with E-state index in [4.69, 9.17) is 0 Å². The molecule has 2 N–H and O–H groups in total. The van der Waals surface area contributed by atoms with Crippen molar-refractivity contribution in [2.45, 2.75) is 33.7 Å². The molecule has 1 rings (SSSR count). The number of allylic oxidation sites excluding steroid dienone is 2. The molecule has 0 aromatic carbocycles. The SMILES string of the molecule is C/C=C\C=NC(C)CNCCN1CCNCC1.CC. The third kappa shape index (κ3) is 10.9. The molecule has 1 atom stereocenters. The van der Waals surface area contributed by atoms with Crippen LogP contribution < -0.4 is 10.6 Å². The molecule has 1 unspecified atom stereocenters. The van der Waals surface area contributed by atoms with E-state index in [9.17, 15) is 0 Å². The molecule has 112 valence electrons. The predicted molar refractivity (Wildman–Crippen MR) is 86.3 cm³/mol. The third-order valence-electron chi connectivity index (χ3n) is 2.87. The van der Waals surface area contributed by atoms with Crippen LogP contribution in [-0.4, -0.2) is 63.0 Å². The number of rotatable bonds is 7. The minimum atomic E-state index is 0.356. The molecule has 0 radical (unpaired) electrons. The average molecular weight is 268 g/mol. The van der Waals surface area contributed by atoms with Gasteiger partial charge in [-0.05, 0) is 19.9 Å². The summed E-state index contributed by atoms with van der Waals surface area (Å²) in [6.45, 7) is 15.9. The zero-order valence-corrected chi connectivity index (χ0v) is 13.2. The van der Waals surface area contributed by atoms with Gasteiger partial charge in [0.25, 0.3) is 0 Å². The van der Waals surface area contributed by atoms with Gasteiger partial charge in [-0.1, -0.05) is 19.9 Å². The highest BCUT2D eigenvalue weighted by molar-refractivity contribution is 5.70. The molecule has 0 aliphatic carbocycles. The van der Waals surface area contributed by atoms with Crippen molar-refractivity contribution >= 4 is 6.21 Å². The number of aliphatic imine (C=N–C) groups is 1. The van der Waals surface area contributed by atoms with Crippen LogP contribution in [0, 0.1) is 0 Å². The van der Waals surface area contributed by atoms with Gasteiger partial charge < -0.3 is 10.6 Å². The number of hydrogen-bond acceptors (Lipinski definition) is 4. The van der Waals surface area contributed by atoms with Crippen molar-refractivity contribution in [3.63, 3.8) is 0 Å². The van der Waals surface area contributed by atoms with E-state index in [2.05, 4.69) is 27.4 Å². The lowest BCUT2D eigenvalue weighted by Crippen LogP contribution is -2.46. The Bertz CT molecular complexity index is 232. The Morgan fingerprint density at radius 2 is 2.00 bits per heavy atom. The van der Waals surface area contributed by atoms with Crippen LogP contribution in [0.15, 0.2) is 17.1 Å². The number of hydrogen-bond donors (Lipinski definition) is 2. The summed E-state index contributed by atoms with van der Waals surface area (Å²) in [5, 5.41) is 6.82. The summed E-state index contributed by atoms with van der Waals surface area (Å²) in [5.74, 6) is 0. The summed E-state index contributed by atoms with van der Waals surface area (Å²) in [6, 6.07) is 0.356. The highest BCUT2D eigenvalue weighted by atomic mass is 15.2. The van der Waals surface area contributed by atoms with Crippen LogP contribution in [0.4, 0.5) is 0 Å². The van der Waals surface area contributed by atoms with Crippen molar-refractivity contribution in [3.05, 3.63) is 12.2 Å². The lowest BCUT2D eigenvalue weighted by atomic mass is 10.3. The highest BCUT2D eigenvalue weighted by Gasteiger charge is 2.08. The Hall–Kier alpha value is -0.710. The Labute approximate surface area is 119 Å². The van der Waals surface area contributed by atoms with Crippen molar-refractivity contribution in [2.75, 3.05) is 45.8 Å². The first kappa shape index (κ1) is 18.3. The summed E-state index contributed by atoms with van der Waals surface area (Å²) in [7, 11) is 0. The Morgan fingerprint density at radius 1 is 1.32 bits per heavy atom. The van der Waals surface area contributed by atoms with Crippen molar-refractivity contribution < 1.29 is 0 Å². The summed E-state index contributed by atoms with van der Waals surface area (Å²) >= 11 is 0. The van der Waals surface area contributed by atoms with Gasteiger partial charge in [-0.25, -0.2) is 0 Å². The molecule has 1 heterocycles. The number of nitrogens with zero attached hydrogens (tertiary/aromatic N) is 2. The second kappa shape index (κ2) is 13.7. The minimum absolute atomic E-state index is 0.356. The van der Waals surface area contributed by atoms with Gasteiger partial charge in [0, 0.05) is 52.0 Å². The van der Waals surface area contributed by atoms with Crippen molar-refractivity contribution in [2.24, 2.45) is 4.99 Å². The Morgan fingerprint density at radius 3 is 2.63 bits per heavy atom. The van der Waals surface area contributed by atoms with Crippen LogP contribution in [0.25, 0.3) is 0 Å². The van der Waals surface area contributed by atoms with Crippen LogP contribution in [0.3, 0.4) is 0 Å². The van der Waals surface area contributed by atoms with Crippen LogP contribution in [0.2, 0.25) is 0 Å². The molecule has 19 heavy (non-hydrogen) atoms. The first-order valence-corrected chi connectivity index (χ1v) is 7.61. The quantitative estimate of drug-likeness (QED) is 0.543. The van der Waals surface area contributed by atoms with Gasteiger partial charge in [-0.15, -0.1) is 0 Å². The molecule has 4 nitrogen and oxygen atoms in total. The fraction of sp³-hybridized carbons (Fsp3) is 0.800. The van der Waals surface area contributed by atoms with Crippen molar-refractivity contribution in [1.82, 2.24) is 15.5 Å².